The third-order valence-electron chi connectivity index (χ3n) is 5.06. The van der Waals surface area contributed by atoms with Gasteiger partial charge in [-0.1, -0.05) is 30.3 Å². The lowest BCUT2D eigenvalue weighted by atomic mass is 10.1. The minimum absolute atomic E-state index is 0.0669. The number of carbonyl (C=O) groups excluding carboxylic acids is 2. The van der Waals surface area contributed by atoms with E-state index < -0.39 is 5.91 Å². The van der Waals surface area contributed by atoms with Crippen molar-refractivity contribution in [2.24, 2.45) is 0 Å². The van der Waals surface area contributed by atoms with Gasteiger partial charge in [-0.2, -0.15) is 0 Å². The number of hydrogen-bond donors (Lipinski definition) is 3. The van der Waals surface area contributed by atoms with Crippen LogP contribution in [0.15, 0.2) is 66.7 Å². The number of thiocarbonyl (C=S) groups is 1. The number of nitrogens with one attached hydrogen (secondary N) is 3. The van der Waals surface area contributed by atoms with Gasteiger partial charge in [-0.3, -0.25) is 14.9 Å². The van der Waals surface area contributed by atoms with E-state index in [1.165, 1.54) is 33.5 Å². The molecule has 0 bridgehead atoms. The van der Waals surface area contributed by atoms with Crippen LogP contribution >= 0.6 is 12.2 Å². The number of benzene rings is 3. The zero-order valence-corrected chi connectivity index (χ0v) is 20.5. The summed E-state index contributed by atoms with van der Waals surface area (Å²) in [6.45, 7) is 0. The van der Waals surface area contributed by atoms with Gasteiger partial charge >= 0.3 is 0 Å². The van der Waals surface area contributed by atoms with Gasteiger partial charge in [-0.25, -0.2) is 0 Å². The second-order valence-corrected chi connectivity index (χ2v) is 7.84. The van der Waals surface area contributed by atoms with E-state index in [0.717, 1.165) is 5.56 Å². The topological polar surface area (TPSA) is 97.9 Å². The van der Waals surface area contributed by atoms with Gasteiger partial charge in [-0.15, -0.1) is 0 Å². The first kappa shape index (κ1) is 25.5. The van der Waals surface area contributed by atoms with E-state index in [2.05, 4.69) is 16.0 Å². The molecule has 8 nitrogen and oxygen atoms in total. The smallest absolute Gasteiger partial charge is 0.257 e. The second kappa shape index (κ2) is 12.4. The Morgan fingerprint density at radius 1 is 0.800 bits per heavy atom. The number of ether oxygens (including phenoxy) is 3. The van der Waals surface area contributed by atoms with Crippen LogP contribution in [0.1, 0.15) is 22.3 Å². The van der Waals surface area contributed by atoms with E-state index in [1.54, 1.807) is 24.3 Å². The van der Waals surface area contributed by atoms with Crippen LogP contribution in [0.3, 0.4) is 0 Å². The number of carbonyl (C=O) groups is 2. The number of aryl methyl sites for hydroxylation is 1. The summed E-state index contributed by atoms with van der Waals surface area (Å²) in [5.74, 6) is 0.598. The molecule has 35 heavy (non-hydrogen) atoms. The molecule has 0 aliphatic carbocycles. The largest absolute Gasteiger partial charge is 0.493 e. The highest BCUT2D eigenvalue weighted by Gasteiger charge is 2.17. The van der Waals surface area contributed by atoms with Crippen molar-refractivity contribution in [1.29, 1.82) is 0 Å². The third kappa shape index (κ3) is 7.18. The Labute approximate surface area is 209 Å². The molecule has 0 aliphatic rings. The summed E-state index contributed by atoms with van der Waals surface area (Å²) in [4.78, 5) is 24.9. The van der Waals surface area contributed by atoms with Gasteiger partial charge in [0.1, 0.15) is 0 Å². The van der Waals surface area contributed by atoms with Gasteiger partial charge in [-0.05, 0) is 60.6 Å². The molecule has 0 unspecified atom stereocenters. The van der Waals surface area contributed by atoms with E-state index >= 15 is 0 Å². The molecule has 3 N–H and O–H groups in total. The lowest BCUT2D eigenvalue weighted by Gasteiger charge is -2.15. The van der Waals surface area contributed by atoms with Crippen LogP contribution in [0.5, 0.6) is 17.2 Å². The summed E-state index contributed by atoms with van der Waals surface area (Å²) in [6.07, 6.45) is 1.06. The molecule has 2 amide bonds. The van der Waals surface area contributed by atoms with E-state index in [-0.39, 0.29) is 16.6 Å². The van der Waals surface area contributed by atoms with Crippen LogP contribution < -0.4 is 30.2 Å². The van der Waals surface area contributed by atoms with E-state index in [4.69, 9.17) is 26.4 Å². The predicted octanol–water partition coefficient (Wildman–Crippen LogP) is 4.41. The van der Waals surface area contributed by atoms with Crippen molar-refractivity contribution in [2.75, 3.05) is 32.0 Å². The zero-order chi connectivity index (χ0) is 25.2. The van der Waals surface area contributed by atoms with Crippen LogP contribution in [0.25, 0.3) is 0 Å². The summed E-state index contributed by atoms with van der Waals surface area (Å²) < 4.78 is 15.8. The van der Waals surface area contributed by atoms with Crippen LogP contribution in [-0.2, 0) is 11.2 Å². The fraction of sp³-hybridized carbons (Fsp3) is 0.192. The molecule has 9 heteroatoms. The highest BCUT2D eigenvalue weighted by Crippen LogP contribution is 2.38. The fourth-order valence-electron chi connectivity index (χ4n) is 3.31. The Hall–Kier alpha value is -4.11. The third-order valence-corrected chi connectivity index (χ3v) is 5.27. The molecule has 182 valence electrons. The fourth-order valence-corrected chi connectivity index (χ4v) is 3.52. The number of amides is 2. The molecule has 0 heterocycles. The quantitative estimate of drug-likeness (QED) is 0.380. The van der Waals surface area contributed by atoms with Crippen LogP contribution in [0.4, 0.5) is 11.4 Å². The van der Waals surface area contributed by atoms with Crippen LogP contribution in [0.2, 0.25) is 0 Å². The first-order valence-electron chi connectivity index (χ1n) is 10.8. The number of hydrogen-bond acceptors (Lipinski definition) is 6. The first-order valence-corrected chi connectivity index (χ1v) is 11.2. The summed E-state index contributed by atoms with van der Waals surface area (Å²) in [7, 11) is 4.43. The van der Waals surface area contributed by atoms with Gasteiger partial charge in [0.25, 0.3) is 5.91 Å². The molecule has 0 atom stereocenters. The van der Waals surface area contributed by atoms with Crippen molar-refractivity contribution in [2.45, 2.75) is 12.8 Å². The highest BCUT2D eigenvalue weighted by atomic mass is 32.1. The molecule has 3 aromatic rings. The Bertz CT molecular complexity index is 1160. The van der Waals surface area contributed by atoms with Crippen LogP contribution in [0, 0.1) is 0 Å². The maximum atomic E-state index is 12.7. The van der Waals surface area contributed by atoms with Crippen molar-refractivity contribution >= 4 is 40.5 Å². The molecular weight excluding hydrogens is 466 g/mol. The zero-order valence-electron chi connectivity index (χ0n) is 19.7. The van der Waals surface area contributed by atoms with E-state index in [9.17, 15) is 9.59 Å². The van der Waals surface area contributed by atoms with E-state index in [0.29, 0.717) is 41.5 Å². The van der Waals surface area contributed by atoms with Crippen molar-refractivity contribution in [3.8, 4) is 17.2 Å². The maximum Gasteiger partial charge on any atom is 0.257 e. The summed E-state index contributed by atoms with van der Waals surface area (Å²) >= 11 is 5.27. The average molecular weight is 494 g/mol. The monoisotopic (exact) mass is 493 g/mol. The molecule has 3 rings (SSSR count). The molecule has 3 aromatic carbocycles. The Morgan fingerprint density at radius 2 is 1.37 bits per heavy atom. The van der Waals surface area contributed by atoms with Crippen LogP contribution in [-0.4, -0.2) is 38.3 Å². The lowest BCUT2D eigenvalue weighted by Crippen LogP contribution is -2.34. The van der Waals surface area contributed by atoms with Crippen molar-refractivity contribution in [3.05, 3.63) is 77.9 Å². The predicted molar refractivity (Wildman–Crippen MR) is 140 cm³/mol. The van der Waals surface area contributed by atoms with Gasteiger partial charge in [0.15, 0.2) is 16.6 Å². The van der Waals surface area contributed by atoms with Crippen molar-refractivity contribution in [1.82, 2.24) is 5.32 Å². The molecule has 0 saturated carbocycles. The normalized spacial score (nSPS) is 10.1. The number of anilines is 2. The van der Waals surface area contributed by atoms with Crippen molar-refractivity contribution in [3.63, 3.8) is 0 Å². The summed E-state index contributed by atoms with van der Waals surface area (Å²) in [5, 5.41) is 8.56. The Morgan fingerprint density at radius 3 is 1.91 bits per heavy atom. The highest BCUT2D eigenvalue weighted by molar-refractivity contribution is 7.80. The van der Waals surface area contributed by atoms with Gasteiger partial charge in [0.2, 0.25) is 11.7 Å². The molecule has 0 radical (unpaired) electrons. The maximum absolute atomic E-state index is 12.7. The summed E-state index contributed by atoms with van der Waals surface area (Å²) in [5.41, 5.74) is 2.73. The Balaban J connectivity index is 1.54. The standard InChI is InChI=1S/C26H27N3O5S/c1-32-21-15-18(16-22(33-2)24(21)34-3)25(31)29-26(35)28-20-12-10-19(11-13-20)27-23(30)14-9-17-7-5-4-6-8-17/h4-8,10-13,15-16H,9,14H2,1-3H3,(H,27,30)(H2,28,29,31,35). The SMILES string of the molecule is COc1cc(C(=O)NC(=S)Nc2ccc(NC(=O)CCc3ccccc3)cc2)cc(OC)c1OC. The molecular formula is C26H27N3O5S. The lowest BCUT2D eigenvalue weighted by molar-refractivity contribution is -0.116. The summed E-state index contributed by atoms with van der Waals surface area (Å²) in [6, 6.07) is 19.9. The van der Waals surface area contributed by atoms with Gasteiger partial charge in [0, 0.05) is 23.4 Å². The number of rotatable bonds is 9. The minimum Gasteiger partial charge on any atom is -0.493 e. The van der Waals surface area contributed by atoms with E-state index in [1.807, 2.05) is 30.3 Å². The molecule has 0 aliphatic heterocycles. The molecule has 0 spiro atoms. The minimum atomic E-state index is -0.441. The van der Waals surface area contributed by atoms with Gasteiger partial charge < -0.3 is 24.8 Å². The first-order chi connectivity index (χ1) is 16.9. The average Bonchev–Trinajstić information content (AvgIpc) is 2.88. The van der Waals surface area contributed by atoms with Crippen molar-refractivity contribution < 1.29 is 23.8 Å². The second-order valence-electron chi connectivity index (χ2n) is 7.43. The molecule has 0 saturated heterocycles. The number of methoxy groups -OCH3 is 3. The molecule has 0 aromatic heterocycles. The van der Waals surface area contributed by atoms with Gasteiger partial charge in [0.05, 0.1) is 21.3 Å². The molecule has 0 fully saturated rings. The Kier molecular flexibility index (Phi) is 9.02.